The fraction of sp³-hybridized carbons (Fsp3) is 0.409. The Labute approximate surface area is 166 Å². The molecule has 150 valence electrons. The molecule has 0 spiro atoms. The number of urea groups is 1. The zero-order valence-electron chi connectivity index (χ0n) is 16.4. The summed E-state index contributed by atoms with van der Waals surface area (Å²) in [5, 5.41) is 5.75. The largest absolute Gasteiger partial charge is 0.494 e. The molecule has 2 amide bonds. The van der Waals surface area contributed by atoms with Gasteiger partial charge in [-0.05, 0) is 43.2 Å². The van der Waals surface area contributed by atoms with E-state index in [0.29, 0.717) is 13.2 Å². The fourth-order valence-electron chi connectivity index (χ4n) is 3.26. The van der Waals surface area contributed by atoms with Crippen molar-refractivity contribution >= 4 is 11.7 Å². The molecule has 2 N–H and O–H groups in total. The molecule has 1 aliphatic rings. The number of ether oxygens (including phenoxy) is 2. The molecular weight excluding hydrogens is 354 g/mol. The van der Waals surface area contributed by atoms with Crippen LogP contribution in [0.15, 0.2) is 54.6 Å². The highest BCUT2D eigenvalue weighted by Gasteiger charge is 2.21. The number of nitrogens with zero attached hydrogens (tertiary/aromatic N) is 1. The number of carbonyl (C=O) groups is 1. The van der Waals surface area contributed by atoms with Gasteiger partial charge < -0.3 is 20.1 Å². The predicted octanol–water partition coefficient (Wildman–Crippen LogP) is 3.67. The molecule has 6 heteroatoms. The molecular formula is C22H29N3O3. The van der Waals surface area contributed by atoms with Crippen molar-refractivity contribution in [2.75, 3.05) is 44.7 Å². The van der Waals surface area contributed by atoms with E-state index < -0.39 is 0 Å². The molecule has 0 aliphatic carbocycles. The van der Waals surface area contributed by atoms with Crippen molar-refractivity contribution in [2.24, 2.45) is 0 Å². The minimum Gasteiger partial charge on any atom is -0.494 e. The van der Waals surface area contributed by atoms with Crippen molar-refractivity contribution in [3.8, 4) is 5.75 Å². The fourth-order valence-corrected chi connectivity index (χ4v) is 3.26. The zero-order chi connectivity index (χ0) is 19.6. The van der Waals surface area contributed by atoms with Gasteiger partial charge in [0, 0.05) is 31.9 Å². The van der Waals surface area contributed by atoms with Gasteiger partial charge in [0.05, 0.1) is 19.3 Å². The highest BCUT2D eigenvalue weighted by atomic mass is 16.5. The van der Waals surface area contributed by atoms with Crippen LogP contribution in [-0.2, 0) is 4.74 Å². The van der Waals surface area contributed by atoms with E-state index in [1.54, 1.807) is 0 Å². The molecule has 0 radical (unpaired) electrons. The second-order valence-corrected chi connectivity index (χ2v) is 6.76. The van der Waals surface area contributed by atoms with Crippen LogP contribution >= 0.6 is 0 Å². The zero-order valence-corrected chi connectivity index (χ0v) is 16.4. The average molecular weight is 383 g/mol. The predicted molar refractivity (Wildman–Crippen MR) is 111 cm³/mol. The van der Waals surface area contributed by atoms with Crippen molar-refractivity contribution < 1.29 is 14.3 Å². The summed E-state index contributed by atoms with van der Waals surface area (Å²) in [4.78, 5) is 14.4. The third-order valence-corrected chi connectivity index (χ3v) is 4.68. The first-order valence-corrected chi connectivity index (χ1v) is 9.91. The lowest BCUT2D eigenvalue weighted by Crippen LogP contribution is -2.40. The Hall–Kier alpha value is -2.57. The topological polar surface area (TPSA) is 62.8 Å². The molecule has 1 unspecified atom stereocenters. The van der Waals surface area contributed by atoms with Gasteiger partial charge in [-0.1, -0.05) is 30.3 Å². The van der Waals surface area contributed by atoms with Gasteiger partial charge in [-0.25, -0.2) is 4.79 Å². The van der Waals surface area contributed by atoms with Crippen molar-refractivity contribution in [2.45, 2.75) is 19.4 Å². The second kappa shape index (κ2) is 10.7. The summed E-state index contributed by atoms with van der Waals surface area (Å²) < 4.78 is 11.3. The van der Waals surface area contributed by atoms with Crippen LogP contribution in [0.3, 0.4) is 0 Å². The molecule has 1 fully saturated rings. The number of morpholine rings is 1. The lowest BCUT2D eigenvalue weighted by molar-refractivity contribution is -0.0301. The number of anilines is 1. The molecule has 28 heavy (non-hydrogen) atoms. The maximum atomic E-state index is 12.0. The first kappa shape index (κ1) is 20.2. The molecule has 1 heterocycles. The van der Waals surface area contributed by atoms with Gasteiger partial charge in [-0.15, -0.1) is 0 Å². The number of hydrogen-bond donors (Lipinski definition) is 2. The molecule has 1 atom stereocenters. The summed E-state index contributed by atoms with van der Waals surface area (Å²) in [5.41, 5.74) is 1.97. The van der Waals surface area contributed by atoms with Crippen molar-refractivity contribution in [3.05, 3.63) is 60.2 Å². The van der Waals surface area contributed by atoms with E-state index in [1.807, 2.05) is 49.4 Å². The van der Waals surface area contributed by atoms with E-state index in [2.05, 4.69) is 27.7 Å². The molecule has 0 bridgehead atoms. The number of nitrogens with one attached hydrogen (secondary N) is 2. The van der Waals surface area contributed by atoms with E-state index in [-0.39, 0.29) is 12.1 Å². The standard InChI is InChI=1S/C22H29N3O3/c1-2-27-20-11-9-19(10-12-20)24-22(26)23-13-6-14-25-15-16-28-21(17-25)18-7-4-3-5-8-18/h3-5,7-12,21H,2,6,13-17H2,1H3,(H2,23,24,26). The van der Waals surface area contributed by atoms with Gasteiger partial charge in [0.25, 0.3) is 0 Å². The SMILES string of the molecule is CCOc1ccc(NC(=O)NCCCN2CCOC(c3ccccc3)C2)cc1. The van der Waals surface area contributed by atoms with E-state index >= 15 is 0 Å². The Bertz CT molecular complexity index is 722. The van der Waals surface area contributed by atoms with Crippen LogP contribution in [-0.4, -0.2) is 50.3 Å². The Kier molecular flexibility index (Phi) is 7.70. The molecule has 1 aliphatic heterocycles. The van der Waals surface area contributed by atoms with Crippen LogP contribution in [0.1, 0.15) is 25.0 Å². The quantitative estimate of drug-likeness (QED) is 0.683. The molecule has 2 aromatic rings. The smallest absolute Gasteiger partial charge is 0.319 e. The van der Waals surface area contributed by atoms with Gasteiger partial charge in [0.2, 0.25) is 0 Å². The summed E-state index contributed by atoms with van der Waals surface area (Å²) in [7, 11) is 0. The lowest BCUT2D eigenvalue weighted by Gasteiger charge is -2.33. The van der Waals surface area contributed by atoms with E-state index in [4.69, 9.17) is 9.47 Å². The van der Waals surface area contributed by atoms with Crippen LogP contribution < -0.4 is 15.4 Å². The van der Waals surface area contributed by atoms with E-state index in [1.165, 1.54) is 5.56 Å². The van der Waals surface area contributed by atoms with Crippen molar-refractivity contribution in [1.29, 1.82) is 0 Å². The number of rotatable bonds is 8. The maximum Gasteiger partial charge on any atom is 0.319 e. The van der Waals surface area contributed by atoms with Gasteiger partial charge in [0.1, 0.15) is 5.75 Å². The van der Waals surface area contributed by atoms with Crippen molar-refractivity contribution in [3.63, 3.8) is 0 Å². The molecule has 6 nitrogen and oxygen atoms in total. The third kappa shape index (κ3) is 6.25. The van der Waals surface area contributed by atoms with Crippen LogP contribution in [0.5, 0.6) is 5.75 Å². The molecule has 3 rings (SSSR count). The number of carbonyl (C=O) groups excluding carboxylic acids is 1. The Morgan fingerprint density at radius 1 is 1.18 bits per heavy atom. The summed E-state index contributed by atoms with van der Waals surface area (Å²) in [5.74, 6) is 0.799. The van der Waals surface area contributed by atoms with Crippen LogP contribution in [0.25, 0.3) is 0 Å². The normalized spacial score (nSPS) is 17.1. The Morgan fingerprint density at radius 3 is 2.71 bits per heavy atom. The second-order valence-electron chi connectivity index (χ2n) is 6.76. The van der Waals surface area contributed by atoms with Crippen LogP contribution in [0.2, 0.25) is 0 Å². The van der Waals surface area contributed by atoms with E-state index in [9.17, 15) is 4.79 Å². The maximum absolute atomic E-state index is 12.0. The Balaban J connectivity index is 1.34. The molecule has 2 aromatic carbocycles. The van der Waals surface area contributed by atoms with Gasteiger partial charge >= 0.3 is 6.03 Å². The first-order chi connectivity index (χ1) is 13.7. The van der Waals surface area contributed by atoms with Gasteiger partial charge in [0.15, 0.2) is 0 Å². The molecule has 1 saturated heterocycles. The average Bonchev–Trinajstić information content (AvgIpc) is 2.74. The van der Waals surface area contributed by atoms with Gasteiger partial charge in [-0.2, -0.15) is 0 Å². The highest BCUT2D eigenvalue weighted by Crippen LogP contribution is 2.21. The van der Waals surface area contributed by atoms with Crippen LogP contribution in [0, 0.1) is 0 Å². The minimum atomic E-state index is -0.187. The lowest BCUT2D eigenvalue weighted by atomic mass is 10.1. The third-order valence-electron chi connectivity index (χ3n) is 4.68. The number of benzene rings is 2. The summed E-state index contributed by atoms with van der Waals surface area (Å²) in [6.45, 7) is 6.71. The highest BCUT2D eigenvalue weighted by molar-refractivity contribution is 5.89. The van der Waals surface area contributed by atoms with Gasteiger partial charge in [-0.3, -0.25) is 4.90 Å². The molecule has 0 saturated carbocycles. The molecule has 0 aromatic heterocycles. The summed E-state index contributed by atoms with van der Waals surface area (Å²) in [6.07, 6.45) is 1.03. The monoisotopic (exact) mass is 383 g/mol. The summed E-state index contributed by atoms with van der Waals surface area (Å²) in [6, 6.07) is 17.5. The minimum absolute atomic E-state index is 0.130. The Morgan fingerprint density at radius 2 is 1.96 bits per heavy atom. The van der Waals surface area contributed by atoms with Crippen LogP contribution in [0.4, 0.5) is 10.5 Å². The number of amides is 2. The van der Waals surface area contributed by atoms with Crippen molar-refractivity contribution in [1.82, 2.24) is 10.2 Å². The number of hydrogen-bond acceptors (Lipinski definition) is 4. The first-order valence-electron chi connectivity index (χ1n) is 9.91. The summed E-state index contributed by atoms with van der Waals surface area (Å²) >= 11 is 0. The van der Waals surface area contributed by atoms with E-state index in [0.717, 1.165) is 44.1 Å².